The highest BCUT2D eigenvalue weighted by Crippen LogP contribution is 2.36. The Morgan fingerprint density at radius 3 is 2.69 bits per heavy atom. The van der Waals surface area contributed by atoms with Crippen molar-refractivity contribution in [2.75, 3.05) is 18.2 Å². The molecule has 0 aliphatic heterocycles. The number of ether oxygens (including phenoxy) is 2. The summed E-state index contributed by atoms with van der Waals surface area (Å²) in [5.41, 5.74) is 8.55. The van der Waals surface area contributed by atoms with E-state index >= 15 is 0 Å². The fraction of sp³-hybridized carbons (Fsp3) is 0.273. The second kappa shape index (κ2) is 7.88. The van der Waals surface area contributed by atoms with Crippen LogP contribution in [0.4, 0.5) is 16.3 Å². The number of methoxy groups -OCH3 is 1. The third-order valence-corrected chi connectivity index (χ3v) is 4.54. The first-order valence-corrected chi connectivity index (χ1v) is 9.89. The Hall–Kier alpha value is -4.08. The molecule has 0 unspecified atom stereocenters. The number of anilines is 2. The van der Waals surface area contributed by atoms with Gasteiger partial charge < -0.3 is 19.6 Å². The molecule has 0 atom stereocenters. The Morgan fingerprint density at radius 2 is 2.03 bits per heavy atom. The minimum absolute atomic E-state index is 0.316. The van der Waals surface area contributed by atoms with E-state index in [1.54, 1.807) is 58.5 Å². The van der Waals surface area contributed by atoms with Gasteiger partial charge in [-0.3, -0.25) is 9.72 Å². The number of hydrogen-bond donors (Lipinski definition) is 2. The van der Waals surface area contributed by atoms with Gasteiger partial charge in [0.15, 0.2) is 11.7 Å². The topological polar surface area (TPSA) is 130 Å². The average Bonchev–Trinajstić information content (AvgIpc) is 3.31. The number of nitrogens with two attached hydrogens (primary N) is 1. The van der Waals surface area contributed by atoms with Crippen molar-refractivity contribution in [3.05, 3.63) is 42.7 Å². The van der Waals surface area contributed by atoms with Crippen LogP contribution in [0.3, 0.4) is 0 Å². The zero-order chi connectivity index (χ0) is 23.0. The van der Waals surface area contributed by atoms with Crippen LogP contribution in [0.2, 0.25) is 0 Å². The summed E-state index contributed by atoms with van der Waals surface area (Å²) in [4.78, 5) is 25.5. The summed E-state index contributed by atoms with van der Waals surface area (Å²) in [5.74, 6) is 1.85. The van der Waals surface area contributed by atoms with Crippen LogP contribution in [0, 0.1) is 6.92 Å². The minimum atomic E-state index is -0.618. The van der Waals surface area contributed by atoms with E-state index in [1.807, 2.05) is 10.5 Å². The molecule has 32 heavy (non-hydrogen) atoms. The third kappa shape index (κ3) is 4.07. The standard InChI is InChI=1S/C22H24N6O4/c1-12-25-15(11-31-12)20-27-17(18-19(23)24-8-9-28(18)20)13-6-7-14(16(10-13)30-5)26-21(29)32-22(2,3)4/h6-11H,1-5H3,(H2,23,24)(H,26,29). The molecule has 0 saturated heterocycles. The molecule has 10 heteroatoms. The number of fused-ring (bicyclic) bond motifs is 1. The number of rotatable bonds is 4. The quantitative estimate of drug-likeness (QED) is 0.484. The number of nitrogens with one attached hydrogen (secondary N) is 1. The van der Waals surface area contributed by atoms with Gasteiger partial charge in [-0.2, -0.15) is 0 Å². The Bertz CT molecular complexity index is 1300. The number of amides is 1. The van der Waals surface area contributed by atoms with E-state index in [-0.39, 0.29) is 0 Å². The van der Waals surface area contributed by atoms with E-state index in [0.29, 0.717) is 45.9 Å². The molecule has 10 nitrogen and oxygen atoms in total. The maximum absolute atomic E-state index is 12.2. The molecule has 0 spiro atoms. The van der Waals surface area contributed by atoms with E-state index in [4.69, 9.17) is 24.6 Å². The molecule has 0 fully saturated rings. The van der Waals surface area contributed by atoms with Gasteiger partial charge in [0, 0.05) is 24.9 Å². The molecule has 1 amide bonds. The summed E-state index contributed by atoms with van der Waals surface area (Å²) in [6, 6.07) is 5.29. The molecule has 1 aromatic carbocycles. The number of nitrogens with zero attached hydrogens (tertiary/aromatic N) is 4. The summed E-state index contributed by atoms with van der Waals surface area (Å²) in [5, 5.41) is 2.71. The normalized spacial score (nSPS) is 11.5. The Kier molecular flexibility index (Phi) is 5.21. The van der Waals surface area contributed by atoms with E-state index in [0.717, 1.165) is 5.56 Å². The van der Waals surface area contributed by atoms with Crippen LogP contribution in [-0.2, 0) is 4.74 Å². The molecule has 3 aromatic heterocycles. The molecule has 166 valence electrons. The van der Waals surface area contributed by atoms with Crippen molar-refractivity contribution in [1.82, 2.24) is 19.4 Å². The van der Waals surface area contributed by atoms with Crippen molar-refractivity contribution in [1.29, 1.82) is 0 Å². The Labute approximate surface area is 184 Å². The monoisotopic (exact) mass is 436 g/mol. The number of carbonyl (C=O) groups excluding carboxylic acids is 1. The van der Waals surface area contributed by atoms with Crippen molar-refractivity contribution in [3.63, 3.8) is 0 Å². The van der Waals surface area contributed by atoms with Crippen LogP contribution < -0.4 is 15.8 Å². The summed E-state index contributed by atoms with van der Waals surface area (Å²) in [6.45, 7) is 7.15. The lowest BCUT2D eigenvalue weighted by atomic mass is 10.1. The second-order valence-corrected chi connectivity index (χ2v) is 8.11. The lowest BCUT2D eigenvalue weighted by Gasteiger charge is -2.20. The molecule has 0 aliphatic rings. The molecule has 0 bridgehead atoms. The smallest absolute Gasteiger partial charge is 0.412 e. The molecule has 3 N–H and O–H groups in total. The zero-order valence-electron chi connectivity index (χ0n) is 18.5. The van der Waals surface area contributed by atoms with Gasteiger partial charge in [0.05, 0.1) is 12.8 Å². The van der Waals surface area contributed by atoms with Crippen LogP contribution in [0.1, 0.15) is 26.7 Å². The van der Waals surface area contributed by atoms with Crippen molar-refractivity contribution in [2.45, 2.75) is 33.3 Å². The first kappa shape index (κ1) is 21.2. The highest BCUT2D eigenvalue weighted by molar-refractivity contribution is 5.91. The van der Waals surface area contributed by atoms with Gasteiger partial charge in [-0.1, -0.05) is 6.07 Å². The molecular weight excluding hydrogens is 412 g/mol. The number of benzene rings is 1. The van der Waals surface area contributed by atoms with Crippen molar-refractivity contribution >= 4 is 23.1 Å². The van der Waals surface area contributed by atoms with Crippen LogP contribution in [-0.4, -0.2) is 38.2 Å². The average molecular weight is 436 g/mol. The van der Waals surface area contributed by atoms with E-state index < -0.39 is 11.7 Å². The minimum Gasteiger partial charge on any atom is -0.495 e. The number of imidazole rings is 1. The molecule has 4 rings (SSSR count). The number of oxazole rings is 1. The van der Waals surface area contributed by atoms with Gasteiger partial charge in [-0.25, -0.2) is 19.7 Å². The van der Waals surface area contributed by atoms with Gasteiger partial charge in [-0.15, -0.1) is 0 Å². The maximum Gasteiger partial charge on any atom is 0.412 e. The number of aromatic nitrogens is 4. The highest BCUT2D eigenvalue weighted by atomic mass is 16.6. The Morgan fingerprint density at radius 1 is 1.25 bits per heavy atom. The van der Waals surface area contributed by atoms with Crippen molar-refractivity contribution < 1.29 is 18.7 Å². The van der Waals surface area contributed by atoms with Gasteiger partial charge in [0.2, 0.25) is 0 Å². The summed E-state index contributed by atoms with van der Waals surface area (Å²) >= 11 is 0. The fourth-order valence-electron chi connectivity index (χ4n) is 3.27. The van der Waals surface area contributed by atoms with E-state index in [1.165, 1.54) is 7.11 Å². The van der Waals surface area contributed by atoms with Crippen LogP contribution in [0.15, 0.2) is 41.3 Å². The first-order valence-electron chi connectivity index (χ1n) is 9.89. The maximum atomic E-state index is 12.2. The molecule has 4 aromatic rings. The van der Waals surface area contributed by atoms with Crippen LogP contribution in [0.5, 0.6) is 5.75 Å². The molecule has 0 aliphatic carbocycles. The van der Waals surface area contributed by atoms with Gasteiger partial charge >= 0.3 is 6.09 Å². The lowest BCUT2D eigenvalue weighted by molar-refractivity contribution is 0.0635. The Balaban J connectivity index is 1.78. The largest absolute Gasteiger partial charge is 0.495 e. The lowest BCUT2D eigenvalue weighted by Crippen LogP contribution is -2.27. The van der Waals surface area contributed by atoms with Crippen molar-refractivity contribution in [2.24, 2.45) is 0 Å². The van der Waals surface area contributed by atoms with Crippen LogP contribution in [0.25, 0.3) is 28.3 Å². The fourth-order valence-corrected chi connectivity index (χ4v) is 3.27. The second-order valence-electron chi connectivity index (χ2n) is 8.11. The molecule has 0 saturated carbocycles. The molecular formula is C22H24N6O4. The van der Waals surface area contributed by atoms with Crippen LogP contribution >= 0.6 is 0 Å². The highest BCUT2D eigenvalue weighted by Gasteiger charge is 2.21. The third-order valence-electron chi connectivity index (χ3n) is 4.54. The number of carbonyl (C=O) groups is 1. The van der Waals surface area contributed by atoms with Gasteiger partial charge in [0.25, 0.3) is 0 Å². The van der Waals surface area contributed by atoms with Gasteiger partial charge in [0.1, 0.15) is 40.3 Å². The number of hydrogen-bond acceptors (Lipinski definition) is 8. The zero-order valence-corrected chi connectivity index (χ0v) is 18.5. The predicted molar refractivity (Wildman–Crippen MR) is 119 cm³/mol. The number of nitrogen functional groups attached to an aromatic ring is 1. The first-order chi connectivity index (χ1) is 15.2. The molecule has 3 heterocycles. The predicted octanol–water partition coefficient (Wildman–Crippen LogP) is 4.30. The van der Waals surface area contributed by atoms with E-state index in [2.05, 4.69) is 15.3 Å². The summed E-state index contributed by atoms with van der Waals surface area (Å²) < 4.78 is 18.0. The van der Waals surface area contributed by atoms with Crippen molar-refractivity contribution in [3.8, 4) is 28.5 Å². The molecule has 0 radical (unpaired) electrons. The summed E-state index contributed by atoms with van der Waals surface area (Å²) in [6.07, 6.45) is 4.32. The van der Waals surface area contributed by atoms with E-state index in [9.17, 15) is 4.79 Å². The number of aryl methyl sites for hydroxylation is 1. The summed E-state index contributed by atoms with van der Waals surface area (Å²) in [7, 11) is 1.52. The van der Waals surface area contributed by atoms with Gasteiger partial charge in [-0.05, 0) is 32.9 Å². The SMILES string of the molecule is COc1cc(-c2nc(-c3coc(C)n3)n3ccnc(N)c23)ccc1NC(=O)OC(C)(C)C.